The van der Waals surface area contributed by atoms with Crippen LogP contribution in [0.1, 0.15) is 21.8 Å². The first-order valence-corrected chi connectivity index (χ1v) is 5.86. The lowest BCUT2D eigenvalue weighted by Gasteiger charge is -2.04. The number of hydrogen-bond donors (Lipinski definition) is 0. The fourth-order valence-corrected chi connectivity index (χ4v) is 2.70. The Bertz CT molecular complexity index is 543. The Labute approximate surface area is 99.0 Å². The van der Waals surface area contributed by atoms with Crippen LogP contribution in [-0.2, 0) is 4.79 Å². The molecule has 0 spiro atoms. The van der Waals surface area contributed by atoms with Gasteiger partial charge in [-0.1, -0.05) is 23.8 Å². The van der Waals surface area contributed by atoms with Crippen molar-refractivity contribution in [1.29, 1.82) is 0 Å². The zero-order valence-corrected chi connectivity index (χ0v) is 10.3. The normalized spacial score (nSPS) is 10.4. The molecule has 1 aromatic heterocycles. The first-order valence-electron chi connectivity index (χ1n) is 5.05. The maximum Gasteiger partial charge on any atom is 0.255 e. The molecule has 16 heavy (non-hydrogen) atoms. The maximum absolute atomic E-state index is 10.8. The topological polar surface area (TPSA) is 30.0 Å². The molecule has 2 rings (SSSR count). The lowest BCUT2D eigenvalue weighted by atomic mass is 10.0. The number of nitrogens with zero attached hydrogens (tertiary/aromatic N) is 1. The highest BCUT2D eigenvalue weighted by atomic mass is 32.1. The molecule has 1 radical (unpaired) electrons. The summed E-state index contributed by atoms with van der Waals surface area (Å²) in [7, 11) is 0. The van der Waals surface area contributed by atoms with E-state index in [0.717, 1.165) is 15.4 Å². The fourth-order valence-electron chi connectivity index (χ4n) is 1.75. The van der Waals surface area contributed by atoms with Gasteiger partial charge in [0, 0.05) is 0 Å². The SMILES string of the molecule is Cc1ccc(-c2sc(C)nc2[C]=O)c(C)c1. The summed E-state index contributed by atoms with van der Waals surface area (Å²) >= 11 is 1.54. The van der Waals surface area contributed by atoms with Gasteiger partial charge in [0.2, 0.25) is 0 Å². The van der Waals surface area contributed by atoms with Crippen LogP contribution in [0.2, 0.25) is 0 Å². The summed E-state index contributed by atoms with van der Waals surface area (Å²) in [5.41, 5.74) is 3.89. The molecule has 1 aromatic carbocycles. The van der Waals surface area contributed by atoms with Crippen molar-refractivity contribution in [3.8, 4) is 10.4 Å². The molecule has 0 atom stereocenters. The van der Waals surface area contributed by atoms with E-state index < -0.39 is 0 Å². The molecular weight excluding hydrogens is 218 g/mol. The number of benzene rings is 1. The van der Waals surface area contributed by atoms with Gasteiger partial charge in [-0.15, -0.1) is 11.3 Å². The summed E-state index contributed by atoms with van der Waals surface area (Å²) in [4.78, 5) is 15.9. The molecule has 1 heterocycles. The Hall–Kier alpha value is -1.48. The summed E-state index contributed by atoms with van der Waals surface area (Å²) in [6.07, 6.45) is 1.91. The van der Waals surface area contributed by atoms with E-state index in [-0.39, 0.29) is 0 Å². The van der Waals surface area contributed by atoms with Gasteiger partial charge in [0.1, 0.15) is 5.69 Å². The molecule has 2 nitrogen and oxygen atoms in total. The molecule has 3 heteroatoms. The van der Waals surface area contributed by atoms with Crippen molar-refractivity contribution in [2.45, 2.75) is 20.8 Å². The zero-order valence-electron chi connectivity index (χ0n) is 9.50. The van der Waals surface area contributed by atoms with E-state index in [1.807, 2.05) is 32.3 Å². The molecule has 0 aliphatic heterocycles. The van der Waals surface area contributed by atoms with E-state index >= 15 is 0 Å². The lowest BCUT2D eigenvalue weighted by Crippen LogP contribution is -1.87. The number of carbonyl (C=O) groups excluding carboxylic acids is 1. The van der Waals surface area contributed by atoms with Gasteiger partial charge in [0.05, 0.1) is 9.88 Å². The Morgan fingerprint density at radius 2 is 2.00 bits per heavy atom. The summed E-state index contributed by atoms with van der Waals surface area (Å²) in [6.45, 7) is 6.01. The van der Waals surface area contributed by atoms with E-state index in [4.69, 9.17) is 0 Å². The highest BCUT2D eigenvalue weighted by molar-refractivity contribution is 7.15. The van der Waals surface area contributed by atoms with E-state index in [1.165, 1.54) is 22.5 Å². The van der Waals surface area contributed by atoms with E-state index in [1.54, 1.807) is 0 Å². The number of aryl methyl sites for hydroxylation is 3. The van der Waals surface area contributed by atoms with E-state index in [2.05, 4.69) is 18.0 Å². The van der Waals surface area contributed by atoms with Crippen molar-refractivity contribution in [2.24, 2.45) is 0 Å². The molecule has 81 valence electrons. The second-order valence-electron chi connectivity index (χ2n) is 3.83. The predicted molar refractivity (Wildman–Crippen MR) is 66.6 cm³/mol. The Balaban J connectivity index is 2.62. The van der Waals surface area contributed by atoms with Crippen molar-refractivity contribution in [2.75, 3.05) is 0 Å². The van der Waals surface area contributed by atoms with E-state index in [9.17, 15) is 4.79 Å². The second-order valence-corrected chi connectivity index (χ2v) is 5.03. The number of hydrogen-bond acceptors (Lipinski definition) is 3. The van der Waals surface area contributed by atoms with Gasteiger partial charge in [0.15, 0.2) is 0 Å². The van der Waals surface area contributed by atoms with Crippen LogP contribution in [0.15, 0.2) is 18.2 Å². The third-order valence-electron chi connectivity index (χ3n) is 2.46. The molecule has 0 aliphatic rings. The Morgan fingerprint density at radius 3 is 2.62 bits per heavy atom. The molecule has 0 amide bonds. The molecule has 0 fully saturated rings. The molecule has 0 N–H and O–H groups in total. The molecular formula is C13H12NOS. The van der Waals surface area contributed by atoms with Crippen LogP contribution in [0.25, 0.3) is 10.4 Å². The van der Waals surface area contributed by atoms with Crippen LogP contribution in [0, 0.1) is 20.8 Å². The van der Waals surface area contributed by atoms with Crippen molar-refractivity contribution < 1.29 is 4.79 Å². The molecule has 0 bridgehead atoms. The van der Waals surface area contributed by atoms with Crippen LogP contribution in [0.4, 0.5) is 0 Å². The van der Waals surface area contributed by atoms with Crippen molar-refractivity contribution in [3.05, 3.63) is 40.0 Å². The van der Waals surface area contributed by atoms with Crippen molar-refractivity contribution in [3.63, 3.8) is 0 Å². The maximum atomic E-state index is 10.8. The predicted octanol–water partition coefficient (Wildman–Crippen LogP) is 3.19. The van der Waals surface area contributed by atoms with Gasteiger partial charge in [-0.05, 0) is 31.9 Å². The van der Waals surface area contributed by atoms with Crippen molar-refractivity contribution in [1.82, 2.24) is 4.98 Å². The van der Waals surface area contributed by atoms with Crippen LogP contribution < -0.4 is 0 Å². The summed E-state index contributed by atoms with van der Waals surface area (Å²) in [6, 6.07) is 6.20. The molecule has 0 saturated heterocycles. The smallest absolute Gasteiger partial charge is 0.255 e. The van der Waals surface area contributed by atoms with Gasteiger partial charge < -0.3 is 0 Å². The molecule has 0 unspecified atom stereocenters. The minimum absolute atomic E-state index is 0.425. The molecule has 0 saturated carbocycles. The molecule has 2 aromatic rings. The summed E-state index contributed by atoms with van der Waals surface area (Å²) in [5.74, 6) is 0. The highest BCUT2D eigenvalue weighted by Gasteiger charge is 2.12. The zero-order chi connectivity index (χ0) is 11.7. The lowest BCUT2D eigenvalue weighted by molar-refractivity contribution is 0.562. The van der Waals surface area contributed by atoms with Gasteiger partial charge in [-0.2, -0.15) is 0 Å². The van der Waals surface area contributed by atoms with Crippen LogP contribution in [0.3, 0.4) is 0 Å². The van der Waals surface area contributed by atoms with Crippen LogP contribution in [0.5, 0.6) is 0 Å². The van der Waals surface area contributed by atoms with Gasteiger partial charge in [0.25, 0.3) is 6.29 Å². The van der Waals surface area contributed by atoms with Crippen LogP contribution in [-0.4, -0.2) is 11.3 Å². The van der Waals surface area contributed by atoms with Gasteiger partial charge in [-0.25, -0.2) is 4.98 Å². The third kappa shape index (κ3) is 1.91. The quantitative estimate of drug-likeness (QED) is 0.793. The van der Waals surface area contributed by atoms with Gasteiger partial charge in [-0.3, -0.25) is 4.79 Å². The van der Waals surface area contributed by atoms with Crippen LogP contribution >= 0.6 is 11.3 Å². The first-order chi connectivity index (χ1) is 7.61. The number of rotatable bonds is 2. The van der Waals surface area contributed by atoms with Gasteiger partial charge >= 0.3 is 0 Å². The minimum Gasteiger partial charge on any atom is -0.283 e. The summed E-state index contributed by atoms with van der Waals surface area (Å²) in [5, 5.41) is 0.897. The minimum atomic E-state index is 0.425. The number of aromatic nitrogens is 1. The third-order valence-corrected chi connectivity index (χ3v) is 3.46. The largest absolute Gasteiger partial charge is 0.283 e. The second kappa shape index (κ2) is 4.18. The first kappa shape index (κ1) is 11.0. The van der Waals surface area contributed by atoms with Crippen molar-refractivity contribution >= 4 is 17.6 Å². The highest BCUT2D eigenvalue weighted by Crippen LogP contribution is 2.31. The Kier molecular flexibility index (Phi) is 2.88. The fraction of sp³-hybridized carbons (Fsp3) is 0.231. The standard InChI is InChI=1S/C13H12NOS/c1-8-4-5-11(9(2)6-8)13-12(7-15)14-10(3)16-13/h4-6H,1-3H3. The molecule has 0 aliphatic carbocycles. The summed E-state index contributed by atoms with van der Waals surface area (Å²) < 4.78 is 0. The Morgan fingerprint density at radius 1 is 1.25 bits per heavy atom. The monoisotopic (exact) mass is 230 g/mol. The average molecular weight is 230 g/mol. The van der Waals surface area contributed by atoms with E-state index in [0.29, 0.717) is 5.69 Å². The average Bonchev–Trinajstić information content (AvgIpc) is 2.59. The number of thiazole rings is 1.